The van der Waals surface area contributed by atoms with E-state index in [9.17, 15) is 9.59 Å². The maximum atomic E-state index is 13.2. The molecule has 4 aromatic rings. The van der Waals surface area contributed by atoms with Crippen LogP contribution in [0.2, 0.25) is 5.02 Å². The maximum absolute atomic E-state index is 13.2. The smallest absolute Gasteiger partial charge is 0.341 e. The van der Waals surface area contributed by atoms with E-state index in [4.69, 9.17) is 25.8 Å². The van der Waals surface area contributed by atoms with Gasteiger partial charge in [0.2, 0.25) is 0 Å². The van der Waals surface area contributed by atoms with E-state index in [2.05, 4.69) is 5.32 Å². The van der Waals surface area contributed by atoms with Crippen LogP contribution < -0.4 is 14.8 Å². The van der Waals surface area contributed by atoms with Crippen LogP contribution in [0, 0.1) is 0 Å². The molecular weight excluding hydrogens is 494 g/mol. The summed E-state index contributed by atoms with van der Waals surface area (Å²) in [5.41, 5.74) is 1.80. The third kappa shape index (κ3) is 4.75. The van der Waals surface area contributed by atoms with Crippen molar-refractivity contribution in [3.63, 3.8) is 0 Å². The number of methoxy groups -OCH3 is 1. The predicted molar refractivity (Wildman–Crippen MR) is 138 cm³/mol. The normalized spacial score (nSPS) is 10.8. The number of esters is 1. The van der Waals surface area contributed by atoms with E-state index in [1.807, 2.05) is 48.7 Å². The van der Waals surface area contributed by atoms with E-state index in [0.717, 1.165) is 21.4 Å². The molecule has 0 aliphatic rings. The molecule has 34 heavy (non-hydrogen) atoms. The second kappa shape index (κ2) is 10.5. The number of benzene rings is 2. The number of thiophene rings is 2. The summed E-state index contributed by atoms with van der Waals surface area (Å²) in [5.74, 6) is 0.497. The molecule has 176 valence electrons. The lowest BCUT2D eigenvalue weighted by atomic mass is 10.0. The number of halogens is 1. The highest BCUT2D eigenvalue weighted by Crippen LogP contribution is 2.40. The topological polar surface area (TPSA) is 73.9 Å². The number of hydrogen-bond donors (Lipinski definition) is 1. The SMILES string of the molecule is CCOC(=O)c1c(-c2ccc(OCC)cc2)csc1NC(=O)c1sc2ccc(OC)cc2c1Cl. The fourth-order valence-corrected chi connectivity index (χ4v) is 5.78. The summed E-state index contributed by atoms with van der Waals surface area (Å²) in [4.78, 5) is 26.4. The van der Waals surface area contributed by atoms with Crippen LogP contribution in [-0.4, -0.2) is 32.2 Å². The van der Waals surface area contributed by atoms with Gasteiger partial charge in [0.25, 0.3) is 5.91 Å². The maximum Gasteiger partial charge on any atom is 0.341 e. The van der Waals surface area contributed by atoms with Gasteiger partial charge >= 0.3 is 5.97 Å². The molecule has 2 aromatic carbocycles. The second-order valence-corrected chi connectivity index (χ2v) is 9.40. The van der Waals surface area contributed by atoms with Gasteiger partial charge in [0, 0.05) is 21.0 Å². The minimum atomic E-state index is -0.505. The minimum Gasteiger partial charge on any atom is -0.497 e. The summed E-state index contributed by atoms with van der Waals surface area (Å²) in [6, 6.07) is 12.9. The first-order chi connectivity index (χ1) is 16.5. The lowest BCUT2D eigenvalue weighted by molar-refractivity contribution is 0.0529. The zero-order chi connectivity index (χ0) is 24.2. The summed E-state index contributed by atoms with van der Waals surface area (Å²) in [6.07, 6.45) is 0. The molecule has 1 N–H and O–H groups in total. The standard InChI is InChI=1S/C25H22ClNO5S2/c1-4-31-15-8-6-14(7-9-15)18-13-33-24(20(18)25(29)32-5-2)27-23(28)22-21(26)17-12-16(30-3)10-11-19(17)34-22/h6-13H,4-5H2,1-3H3,(H,27,28). The number of anilines is 1. The predicted octanol–water partition coefficient (Wildman–Crippen LogP) is 7.12. The van der Waals surface area contributed by atoms with Crippen molar-refractivity contribution >= 4 is 61.2 Å². The average Bonchev–Trinajstić information content (AvgIpc) is 3.40. The van der Waals surface area contributed by atoms with Gasteiger partial charge < -0.3 is 19.5 Å². The van der Waals surface area contributed by atoms with Crippen molar-refractivity contribution in [3.8, 4) is 22.6 Å². The van der Waals surface area contributed by atoms with Gasteiger partial charge in [-0.2, -0.15) is 0 Å². The Labute approximate surface area is 210 Å². The number of ether oxygens (including phenoxy) is 3. The Morgan fingerprint density at radius 1 is 1.03 bits per heavy atom. The third-order valence-electron chi connectivity index (χ3n) is 5.01. The number of carbonyl (C=O) groups is 2. The van der Waals surface area contributed by atoms with Gasteiger partial charge in [-0.05, 0) is 49.7 Å². The fraction of sp³-hybridized carbons (Fsp3) is 0.200. The first-order valence-electron chi connectivity index (χ1n) is 10.6. The molecule has 0 bridgehead atoms. The van der Waals surface area contributed by atoms with E-state index in [1.54, 1.807) is 20.1 Å². The molecule has 0 atom stereocenters. The highest BCUT2D eigenvalue weighted by atomic mass is 35.5. The number of amides is 1. The summed E-state index contributed by atoms with van der Waals surface area (Å²) in [7, 11) is 1.57. The molecule has 0 spiro atoms. The van der Waals surface area contributed by atoms with Gasteiger partial charge in [-0.3, -0.25) is 4.79 Å². The van der Waals surface area contributed by atoms with Crippen LogP contribution in [-0.2, 0) is 4.74 Å². The van der Waals surface area contributed by atoms with Crippen molar-refractivity contribution in [2.45, 2.75) is 13.8 Å². The Bertz CT molecular complexity index is 1340. The van der Waals surface area contributed by atoms with Crippen LogP contribution in [0.25, 0.3) is 21.2 Å². The molecule has 4 rings (SSSR count). The number of hydrogen-bond acceptors (Lipinski definition) is 7. The molecule has 9 heteroatoms. The average molecular weight is 516 g/mol. The molecule has 0 fully saturated rings. The van der Waals surface area contributed by atoms with Gasteiger partial charge in [0.05, 0.1) is 25.3 Å². The van der Waals surface area contributed by atoms with Crippen molar-refractivity contribution in [3.05, 3.63) is 63.3 Å². The van der Waals surface area contributed by atoms with Crippen molar-refractivity contribution < 1.29 is 23.8 Å². The van der Waals surface area contributed by atoms with Crippen molar-refractivity contribution in [1.82, 2.24) is 0 Å². The lowest BCUT2D eigenvalue weighted by Gasteiger charge is -2.09. The van der Waals surface area contributed by atoms with Crippen molar-refractivity contribution in [1.29, 1.82) is 0 Å². The van der Waals surface area contributed by atoms with Gasteiger partial charge in [-0.15, -0.1) is 22.7 Å². The van der Waals surface area contributed by atoms with E-state index in [1.165, 1.54) is 22.7 Å². The number of nitrogens with one attached hydrogen (secondary N) is 1. The van der Waals surface area contributed by atoms with Crippen molar-refractivity contribution in [2.24, 2.45) is 0 Å². The van der Waals surface area contributed by atoms with Gasteiger partial charge in [-0.1, -0.05) is 23.7 Å². The minimum absolute atomic E-state index is 0.217. The Morgan fingerprint density at radius 3 is 2.44 bits per heavy atom. The van der Waals surface area contributed by atoms with Crippen molar-refractivity contribution in [2.75, 3.05) is 25.6 Å². The molecule has 1 amide bonds. The fourth-order valence-electron chi connectivity index (χ4n) is 3.45. The van der Waals surface area contributed by atoms with Crippen LogP contribution in [0.1, 0.15) is 33.9 Å². The highest BCUT2D eigenvalue weighted by Gasteiger charge is 2.25. The van der Waals surface area contributed by atoms with Crippen LogP contribution in [0.15, 0.2) is 47.8 Å². The Kier molecular flexibility index (Phi) is 7.41. The lowest BCUT2D eigenvalue weighted by Crippen LogP contribution is -2.14. The van der Waals surface area contributed by atoms with Gasteiger partial charge in [0.15, 0.2) is 0 Å². The number of carbonyl (C=O) groups excluding carboxylic acids is 2. The Balaban J connectivity index is 1.69. The molecule has 0 radical (unpaired) electrons. The van der Waals surface area contributed by atoms with Gasteiger partial charge in [-0.25, -0.2) is 4.79 Å². The monoisotopic (exact) mass is 515 g/mol. The van der Waals surface area contributed by atoms with Crippen LogP contribution >= 0.6 is 34.3 Å². The molecule has 0 saturated carbocycles. The summed E-state index contributed by atoms with van der Waals surface area (Å²) < 4.78 is 16.9. The van der Waals surface area contributed by atoms with E-state index >= 15 is 0 Å². The van der Waals surface area contributed by atoms with E-state index in [0.29, 0.717) is 38.4 Å². The molecule has 2 heterocycles. The Hall–Kier alpha value is -3.07. The summed E-state index contributed by atoms with van der Waals surface area (Å²) in [5, 5.41) is 6.18. The first-order valence-corrected chi connectivity index (χ1v) is 12.6. The zero-order valence-corrected chi connectivity index (χ0v) is 21.2. The first kappa shape index (κ1) is 24.1. The third-order valence-corrected chi connectivity index (χ3v) is 7.58. The molecule has 2 aromatic heterocycles. The van der Waals surface area contributed by atoms with Crippen LogP contribution in [0.4, 0.5) is 5.00 Å². The van der Waals surface area contributed by atoms with Crippen LogP contribution in [0.3, 0.4) is 0 Å². The Morgan fingerprint density at radius 2 is 1.76 bits per heavy atom. The summed E-state index contributed by atoms with van der Waals surface area (Å²) >= 11 is 9.07. The summed E-state index contributed by atoms with van der Waals surface area (Å²) in [6.45, 7) is 4.44. The highest BCUT2D eigenvalue weighted by molar-refractivity contribution is 7.22. The number of fused-ring (bicyclic) bond motifs is 1. The largest absolute Gasteiger partial charge is 0.497 e. The van der Waals surface area contributed by atoms with Crippen LogP contribution in [0.5, 0.6) is 11.5 Å². The van der Waals surface area contributed by atoms with Gasteiger partial charge in [0.1, 0.15) is 26.9 Å². The molecule has 0 unspecified atom stereocenters. The zero-order valence-electron chi connectivity index (χ0n) is 18.8. The van der Waals surface area contributed by atoms with E-state index in [-0.39, 0.29) is 6.61 Å². The molecule has 0 aliphatic heterocycles. The molecular formula is C25H22ClNO5S2. The second-order valence-electron chi connectivity index (χ2n) is 7.09. The number of rotatable bonds is 8. The molecule has 0 aliphatic carbocycles. The quantitative estimate of drug-likeness (QED) is 0.253. The van der Waals surface area contributed by atoms with E-state index < -0.39 is 11.9 Å². The molecule has 0 saturated heterocycles. The molecule has 6 nitrogen and oxygen atoms in total.